The lowest BCUT2D eigenvalue weighted by molar-refractivity contribution is 0.330. The average Bonchev–Trinajstić information content (AvgIpc) is 3.22. The van der Waals surface area contributed by atoms with Gasteiger partial charge in [-0.25, -0.2) is 0 Å². The van der Waals surface area contributed by atoms with E-state index in [1.165, 1.54) is 48.4 Å². The van der Waals surface area contributed by atoms with Gasteiger partial charge < -0.3 is 4.57 Å². The van der Waals surface area contributed by atoms with Crippen molar-refractivity contribution in [1.82, 2.24) is 14.8 Å². The van der Waals surface area contributed by atoms with Crippen LogP contribution in [0.25, 0.3) is 10.8 Å². The van der Waals surface area contributed by atoms with Crippen LogP contribution in [-0.4, -0.2) is 14.8 Å². The van der Waals surface area contributed by atoms with E-state index < -0.39 is 0 Å². The van der Waals surface area contributed by atoms with E-state index in [1.54, 1.807) is 11.8 Å². The van der Waals surface area contributed by atoms with E-state index in [9.17, 15) is 0 Å². The quantitative estimate of drug-likeness (QED) is 0.260. The highest BCUT2D eigenvalue weighted by Gasteiger charge is 2.24. The molecule has 3 nitrogen and oxygen atoms in total. The molecule has 1 aliphatic carbocycles. The minimum absolute atomic E-state index is 0.452. The smallest absolute Gasteiger partial charge is 0.191 e. The molecule has 164 valence electrons. The molecular formula is C26H25Cl2N3S. The van der Waals surface area contributed by atoms with Gasteiger partial charge in [0.1, 0.15) is 5.82 Å². The van der Waals surface area contributed by atoms with Crippen molar-refractivity contribution in [2.75, 3.05) is 0 Å². The van der Waals surface area contributed by atoms with Crippen LogP contribution in [0, 0.1) is 0 Å². The normalized spacial score (nSPS) is 14.8. The monoisotopic (exact) mass is 481 g/mol. The molecule has 1 heterocycles. The lowest BCUT2D eigenvalue weighted by Gasteiger charge is -2.26. The Morgan fingerprint density at radius 3 is 2.38 bits per heavy atom. The summed E-state index contributed by atoms with van der Waals surface area (Å²) >= 11 is 14.5. The SMILES string of the molecule is Clc1cccc(Cl)c1CSc1nnc(Cc2cccc3ccccc23)n1C1CCCCC1. The minimum atomic E-state index is 0.452. The van der Waals surface area contributed by atoms with Crippen molar-refractivity contribution in [3.8, 4) is 0 Å². The maximum atomic E-state index is 6.41. The van der Waals surface area contributed by atoms with Gasteiger partial charge in [-0.1, -0.05) is 103 Å². The second kappa shape index (κ2) is 9.86. The fraction of sp³-hybridized carbons (Fsp3) is 0.308. The van der Waals surface area contributed by atoms with Crippen LogP contribution in [0.1, 0.15) is 55.1 Å². The second-order valence-electron chi connectivity index (χ2n) is 8.36. The van der Waals surface area contributed by atoms with Crippen molar-refractivity contribution in [1.29, 1.82) is 0 Å². The van der Waals surface area contributed by atoms with Crippen LogP contribution in [0.2, 0.25) is 10.0 Å². The zero-order chi connectivity index (χ0) is 21.9. The third-order valence-corrected chi connectivity index (χ3v) is 7.99. The van der Waals surface area contributed by atoms with Gasteiger partial charge in [0.15, 0.2) is 5.16 Å². The summed E-state index contributed by atoms with van der Waals surface area (Å²) < 4.78 is 2.40. The molecule has 0 N–H and O–H groups in total. The molecule has 1 fully saturated rings. The summed E-state index contributed by atoms with van der Waals surface area (Å²) in [6, 6.07) is 21.2. The Labute approximate surface area is 203 Å². The Balaban J connectivity index is 1.48. The highest BCUT2D eigenvalue weighted by Crippen LogP contribution is 2.36. The molecule has 32 heavy (non-hydrogen) atoms. The van der Waals surface area contributed by atoms with Gasteiger partial charge in [-0.05, 0) is 46.9 Å². The van der Waals surface area contributed by atoms with E-state index in [2.05, 4.69) is 57.2 Å². The largest absolute Gasteiger partial charge is 0.303 e. The first kappa shape index (κ1) is 21.8. The second-order valence-corrected chi connectivity index (χ2v) is 10.1. The number of hydrogen-bond acceptors (Lipinski definition) is 3. The summed E-state index contributed by atoms with van der Waals surface area (Å²) in [7, 11) is 0. The summed E-state index contributed by atoms with van der Waals surface area (Å²) in [6.07, 6.45) is 6.98. The van der Waals surface area contributed by atoms with Crippen molar-refractivity contribution >= 4 is 45.7 Å². The van der Waals surface area contributed by atoms with Crippen LogP contribution in [0.5, 0.6) is 0 Å². The molecule has 0 amide bonds. The Bertz CT molecular complexity index is 1210. The highest BCUT2D eigenvalue weighted by atomic mass is 35.5. The van der Waals surface area contributed by atoms with E-state index in [1.807, 2.05) is 18.2 Å². The van der Waals surface area contributed by atoms with E-state index in [4.69, 9.17) is 23.2 Å². The Hall–Kier alpha value is -2.01. The fourth-order valence-corrected chi connectivity index (χ4v) is 6.42. The van der Waals surface area contributed by atoms with Crippen LogP contribution < -0.4 is 0 Å². The molecule has 1 aliphatic rings. The lowest BCUT2D eigenvalue weighted by atomic mass is 9.95. The van der Waals surface area contributed by atoms with Gasteiger partial charge in [-0.2, -0.15) is 0 Å². The van der Waals surface area contributed by atoms with Gasteiger partial charge >= 0.3 is 0 Å². The summed E-state index contributed by atoms with van der Waals surface area (Å²) in [4.78, 5) is 0. The number of benzene rings is 3. The van der Waals surface area contributed by atoms with Gasteiger partial charge in [0.2, 0.25) is 0 Å². The van der Waals surface area contributed by atoms with E-state index in [0.29, 0.717) is 21.8 Å². The first-order valence-corrected chi connectivity index (χ1v) is 12.9. The van der Waals surface area contributed by atoms with E-state index in [0.717, 1.165) is 23.0 Å². The first-order chi connectivity index (χ1) is 15.7. The van der Waals surface area contributed by atoms with E-state index >= 15 is 0 Å². The van der Waals surface area contributed by atoms with Crippen LogP contribution in [-0.2, 0) is 12.2 Å². The first-order valence-electron chi connectivity index (χ1n) is 11.2. The van der Waals surface area contributed by atoms with Crippen LogP contribution in [0.15, 0.2) is 65.8 Å². The molecule has 0 spiro atoms. The summed E-state index contributed by atoms with van der Waals surface area (Å²) in [5.41, 5.74) is 2.24. The molecule has 4 aromatic rings. The maximum absolute atomic E-state index is 6.41. The topological polar surface area (TPSA) is 30.7 Å². The molecule has 0 radical (unpaired) electrons. The number of hydrogen-bond donors (Lipinski definition) is 0. The predicted octanol–water partition coefficient (Wildman–Crippen LogP) is 8.13. The van der Waals surface area contributed by atoms with Crippen molar-refractivity contribution in [2.45, 2.75) is 55.5 Å². The van der Waals surface area contributed by atoms with Crippen LogP contribution in [0.4, 0.5) is 0 Å². The molecule has 6 heteroatoms. The van der Waals surface area contributed by atoms with Gasteiger partial charge in [0.05, 0.1) is 0 Å². The molecule has 0 saturated heterocycles. The standard InChI is InChI=1S/C26H25Cl2N3S/c27-23-14-7-15-24(28)22(23)17-32-26-30-29-25(31(26)20-11-2-1-3-12-20)16-19-10-6-9-18-8-4-5-13-21(18)19/h4-10,13-15,20H,1-3,11-12,16-17H2. The number of aromatic nitrogens is 3. The predicted molar refractivity (Wildman–Crippen MR) is 135 cm³/mol. The van der Waals surface area contributed by atoms with Crippen molar-refractivity contribution in [3.05, 3.63) is 87.7 Å². The zero-order valence-corrected chi connectivity index (χ0v) is 20.1. The van der Waals surface area contributed by atoms with Crippen molar-refractivity contribution in [3.63, 3.8) is 0 Å². The van der Waals surface area contributed by atoms with Gasteiger partial charge in [-0.3, -0.25) is 0 Å². The summed E-state index contributed by atoms with van der Waals surface area (Å²) in [6.45, 7) is 0. The molecule has 5 rings (SSSR count). The molecule has 3 aromatic carbocycles. The highest BCUT2D eigenvalue weighted by molar-refractivity contribution is 7.98. The van der Waals surface area contributed by atoms with Gasteiger partial charge in [-0.15, -0.1) is 10.2 Å². The number of rotatable bonds is 6. The fourth-order valence-electron chi connectivity index (χ4n) is 4.66. The van der Waals surface area contributed by atoms with Crippen molar-refractivity contribution < 1.29 is 0 Å². The average molecular weight is 482 g/mol. The third kappa shape index (κ3) is 4.54. The Kier molecular flexibility index (Phi) is 6.72. The van der Waals surface area contributed by atoms with Crippen molar-refractivity contribution in [2.24, 2.45) is 0 Å². The van der Waals surface area contributed by atoms with Gasteiger partial charge in [0.25, 0.3) is 0 Å². The summed E-state index contributed by atoms with van der Waals surface area (Å²) in [5.74, 6) is 1.72. The molecule has 0 unspecified atom stereocenters. The number of halogens is 2. The number of nitrogens with zero attached hydrogens (tertiary/aromatic N) is 3. The Morgan fingerprint density at radius 1 is 0.844 bits per heavy atom. The molecule has 0 bridgehead atoms. The molecule has 1 aromatic heterocycles. The zero-order valence-electron chi connectivity index (χ0n) is 17.8. The van der Waals surface area contributed by atoms with Crippen LogP contribution >= 0.6 is 35.0 Å². The minimum Gasteiger partial charge on any atom is -0.303 e. The van der Waals surface area contributed by atoms with E-state index in [-0.39, 0.29) is 0 Å². The molecule has 0 aliphatic heterocycles. The van der Waals surface area contributed by atoms with Crippen LogP contribution in [0.3, 0.4) is 0 Å². The summed E-state index contributed by atoms with van der Waals surface area (Å²) in [5, 5.41) is 14.2. The van der Waals surface area contributed by atoms with Gasteiger partial charge in [0, 0.05) is 28.3 Å². The molecule has 1 saturated carbocycles. The third-order valence-electron chi connectivity index (χ3n) is 6.31. The Morgan fingerprint density at radius 2 is 1.56 bits per heavy atom. The lowest BCUT2D eigenvalue weighted by Crippen LogP contribution is -2.17. The number of fused-ring (bicyclic) bond motifs is 1. The number of thioether (sulfide) groups is 1. The maximum Gasteiger partial charge on any atom is 0.191 e. The molecular weight excluding hydrogens is 457 g/mol. The molecule has 0 atom stereocenters.